The summed E-state index contributed by atoms with van der Waals surface area (Å²) >= 11 is 0. The number of hydrogen-bond donors (Lipinski definition) is 1. The highest BCUT2D eigenvalue weighted by Crippen LogP contribution is 2.25. The van der Waals surface area contributed by atoms with Crippen LogP contribution in [0.2, 0.25) is 0 Å². The molecule has 0 spiro atoms. The van der Waals surface area contributed by atoms with Gasteiger partial charge in [-0.15, -0.1) is 0 Å². The van der Waals surface area contributed by atoms with E-state index in [2.05, 4.69) is 0 Å². The van der Waals surface area contributed by atoms with Crippen molar-refractivity contribution in [3.8, 4) is 0 Å². The van der Waals surface area contributed by atoms with Crippen molar-refractivity contribution in [1.82, 2.24) is 4.57 Å². The highest BCUT2D eigenvalue weighted by molar-refractivity contribution is 5.83. The first kappa shape index (κ1) is 12.0. The number of aryl methyl sites for hydroxylation is 1. The second-order valence-electron chi connectivity index (χ2n) is 4.76. The number of nitrogens with two attached hydrogens (primary N) is 1. The average molecular weight is 238 g/mol. The second kappa shape index (κ2) is 4.11. The molecule has 0 bridgehead atoms. The predicted molar refractivity (Wildman–Crippen MR) is 65.2 cm³/mol. The van der Waals surface area contributed by atoms with E-state index in [1.807, 2.05) is 42.1 Å². The van der Waals surface area contributed by atoms with Gasteiger partial charge in [-0.3, -0.25) is 0 Å². The number of halogens is 2. The fourth-order valence-corrected chi connectivity index (χ4v) is 2.07. The lowest BCUT2D eigenvalue weighted by Crippen LogP contribution is -2.45. The maximum absolute atomic E-state index is 12.8. The fourth-order valence-electron chi connectivity index (χ4n) is 2.07. The third-order valence-corrected chi connectivity index (χ3v) is 3.05. The van der Waals surface area contributed by atoms with E-state index in [0.717, 1.165) is 16.5 Å². The number of para-hydroxylation sites is 1. The molecule has 17 heavy (non-hydrogen) atoms. The number of aromatic nitrogens is 1. The van der Waals surface area contributed by atoms with Crippen molar-refractivity contribution in [3.05, 3.63) is 36.0 Å². The van der Waals surface area contributed by atoms with Gasteiger partial charge < -0.3 is 10.3 Å². The Kier molecular flexibility index (Phi) is 2.91. The van der Waals surface area contributed by atoms with Gasteiger partial charge in [0.2, 0.25) is 0 Å². The zero-order valence-electron chi connectivity index (χ0n) is 9.95. The summed E-state index contributed by atoms with van der Waals surface area (Å²) in [6, 6.07) is 7.67. The molecule has 2 aromatic rings. The Morgan fingerprint density at radius 1 is 1.35 bits per heavy atom. The Morgan fingerprint density at radius 3 is 2.71 bits per heavy atom. The summed E-state index contributed by atoms with van der Waals surface area (Å²) in [6.45, 7) is 1.39. The molecule has 2 rings (SSSR count). The van der Waals surface area contributed by atoms with Gasteiger partial charge in [-0.25, -0.2) is 8.78 Å². The van der Waals surface area contributed by atoms with Gasteiger partial charge in [0.05, 0.1) is 11.1 Å². The Labute approximate surface area is 99.0 Å². The van der Waals surface area contributed by atoms with Crippen LogP contribution in [0.3, 0.4) is 0 Å². The minimum atomic E-state index is -2.53. The lowest BCUT2D eigenvalue weighted by atomic mass is 9.93. The summed E-state index contributed by atoms with van der Waals surface area (Å²) in [4.78, 5) is 0. The molecule has 0 aliphatic carbocycles. The van der Waals surface area contributed by atoms with E-state index in [4.69, 9.17) is 5.73 Å². The normalized spacial score (nSPS) is 15.4. The van der Waals surface area contributed by atoms with Crippen molar-refractivity contribution in [2.45, 2.75) is 25.3 Å². The van der Waals surface area contributed by atoms with Gasteiger partial charge in [0, 0.05) is 13.2 Å². The quantitative estimate of drug-likeness (QED) is 0.875. The third-order valence-electron chi connectivity index (χ3n) is 3.05. The maximum atomic E-state index is 12.8. The van der Waals surface area contributed by atoms with Gasteiger partial charge in [-0.1, -0.05) is 18.2 Å². The van der Waals surface area contributed by atoms with Gasteiger partial charge in [0.15, 0.2) is 0 Å². The van der Waals surface area contributed by atoms with Crippen molar-refractivity contribution >= 4 is 10.9 Å². The van der Waals surface area contributed by atoms with Gasteiger partial charge in [0.25, 0.3) is 6.43 Å². The SMILES string of the molecule is Cn1ccc2cccc(CC(C)(N)C(F)F)c21. The Hall–Kier alpha value is -1.42. The van der Waals surface area contributed by atoms with E-state index in [-0.39, 0.29) is 6.42 Å². The van der Waals surface area contributed by atoms with Crippen LogP contribution in [0.1, 0.15) is 12.5 Å². The van der Waals surface area contributed by atoms with Crippen LogP contribution in [0.25, 0.3) is 10.9 Å². The van der Waals surface area contributed by atoms with Crippen molar-refractivity contribution in [1.29, 1.82) is 0 Å². The molecule has 1 aromatic heterocycles. The molecule has 1 atom stereocenters. The summed E-state index contributed by atoms with van der Waals surface area (Å²) in [5.74, 6) is 0. The molecule has 1 heterocycles. The fraction of sp³-hybridized carbons (Fsp3) is 0.385. The van der Waals surface area contributed by atoms with Gasteiger partial charge in [-0.05, 0) is 30.4 Å². The first-order chi connectivity index (χ1) is 7.92. The molecule has 0 aliphatic heterocycles. The highest BCUT2D eigenvalue weighted by Gasteiger charge is 2.31. The standard InChI is InChI=1S/C13H16F2N2/c1-13(16,12(14)15)8-10-5-3-4-9-6-7-17(2)11(9)10/h3-7,12H,8,16H2,1-2H3. The number of alkyl halides is 2. The number of fused-ring (bicyclic) bond motifs is 1. The Bertz CT molecular complexity index is 529. The first-order valence-electron chi connectivity index (χ1n) is 5.52. The Morgan fingerprint density at radius 2 is 2.06 bits per heavy atom. The van der Waals surface area contributed by atoms with Crippen molar-refractivity contribution in [2.75, 3.05) is 0 Å². The number of benzene rings is 1. The van der Waals surface area contributed by atoms with E-state index in [9.17, 15) is 8.78 Å². The molecular weight excluding hydrogens is 222 g/mol. The minimum absolute atomic E-state index is 0.167. The van der Waals surface area contributed by atoms with Crippen LogP contribution in [-0.2, 0) is 13.5 Å². The number of rotatable bonds is 3. The largest absolute Gasteiger partial charge is 0.350 e. The molecule has 1 aromatic carbocycles. The summed E-state index contributed by atoms with van der Waals surface area (Å²) in [7, 11) is 1.90. The third kappa shape index (κ3) is 2.17. The molecule has 2 nitrogen and oxygen atoms in total. The minimum Gasteiger partial charge on any atom is -0.350 e. The molecule has 2 N–H and O–H groups in total. The topological polar surface area (TPSA) is 30.9 Å². The van der Waals surface area contributed by atoms with Crippen molar-refractivity contribution in [2.24, 2.45) is 12.8 Å². The predicted octanol–water partition coefficient (Wildman–Crippen LogP) is 2.70. The summed E-state index contributed by atoms with van der Waals surface area (Å²) in [5, 5.41) is 1.05. The van der Waals surface area contributed by atoms with Gasteiger partial charge in [-0.2, -0.15) is 0 Å². The van der Waals surface area contributed by atoms with Gasteiger partial charge >= 0.3 is 0 Å². The molecule has 0 radical (unpaired) electrons. The number of nitrogens with zero attached hydrogens (tertiary/aromatic N) is 1. The smallest absolute Gasteiger partial charge is 0.256 e. The molecule has 1 unspecified atom stereocenters. The zero-order chi connectivity index (χ0) is 12.6. The van der Waals surface area contributed by atoms with Crippen LogP contribution >= 0.6 is 0 Å². The Balaban J connectivity index is 2.46. The molecule has 0 saturated heterocycles. The summed E-state index contributed by atoms with van der Waals surface area (Å²) in [5.41, 5.74) is 5.99. The van der Waals surface area contributed by atoms with Crippen molar-refractivity contribution < 1.29 is 8.78 Å². The highest BCUT2D eigenvalue weighted by atomic mass is 19.3. The summed E-state index contributed by atoms with van der Waals surface area (Å²) in [6.07, 6.45) is -0.442. The molecule has 0 aliphatic rings. The monoisotopic (exact) mass is 238 g/mol. The lowest BCUT2D eigenvalue weighted by molar-refractivity contribution is 0.0641. The van der Waals surface area contributed by atoms with E-state index >= 15 is 0 Å². The zero-order valence-corrected chi connectivity index (χ0v) is 9.95. The molecule has 0 fully saturated rings. The van der Waals surface area contributed by atoms with E-state index in [1.165, 1.54) is 6.92 Å². The molecule has 0 saturated carbocycles. The maximum Gasteiger partial charge on any atom is 0.256 e. The summed E-state index contributed by atoms with van der Waals surface area (Å²) < 4.78 is 27.5. The van der Waals surface area contributed by atoms with Crippen LogP contribution in [0, 0.1) is 0 Å². The van der Waals surface area contributed by atoms with Crippen LogP contribution in [-0.4, -0.2) is 16.5 Å². The molecule has 92 valence electrons. The van der Waals surface area contributed by atoms with E-state index in [0.29, 0.717) is 0 Å². The van der Waals surface area contributed by atoms with Crippen LogP contribution in [0.15, 0.2) is 30.5 Å². The molecule has 0 amide bonds. The van der Waals surface area contributed by atoms with Crippen molar-refractivity contribution in [3.63, 3.8) is 0 Å². The van der Waals surface area contributed by atoms with E-state index < -0.39 is 12.0 Å². The lowest BCUT2D eigenvalue weighted by Gasteiger charge is -2.24. The van der Waals surface area contributed by atoms with Crippen LogP contribution in [0.4, 0.5) is 8.78 Å². The number of hydrogen-bond acceptors (Lipinski definition) is 1. The average Bonchev–Trinajstić information content (AvgIpc) is 2.61. The molecular formula is C13H16F2N2. The van der Waals surface area contributed by atoms with Gasteiger partial charge in [0.1, 0.15) is 0 Å². The van der Waals surface area contributed by atoms with E-state index in [1.54, 1.807) is 0 Å². The molecule has 4 heteroatoms. The first-order valence-corrected chi connectivity index (χ1v) is 5.52. The second-order valence-corrected chi connectivity index (χ2v) is 4.76. The van der Waals surface area contributed by atoms with Crippen LogP contribution in [0.5, 0.6) is 0 Å². The van der Waals surface area contributed by atoms with Crippen LogP contribution < -0.4 is 5.73 Å².